The van der Waals surface area contributed by atoms with Crippen LogP contribution in [0.15, 0.2) is 60.1 Å². The van der Waals surface area contributed by atoms with Crippen LogP contribution in [-0.2, 0) is 11.3 Å². The molecule has 0 saturated carbocycles. The van der Waals surface area contributed by atoms with Crippen LogP contribution in [0, 0.1) is 0 Å². The number of carbonyl (C=O) groups excluding carboxylic acids is 3. The maximum absolute atomic E-state index is 12.8. The van der Waals surface area contributed by atoms with Crippen LogP contribution in [0.1, 0.15) is 15.9 Å². The van der Waals surface area contributed by atoms with E-state index in [2.05, 4.69) is 15.6 Å². The molecule has 0 unspecified atom stereocenters. The molecule has 1 aliphatic rings. The lowest BCUT2D eigenvalue weighted by atomic mass is 10.1. The van der Waals surface area contributed by atoms with Gasteiger partial charge in [-0.3, -0.25) is 14.5 Å². The van der Waals surface area contributed by atoms with E-state index < -0.39 is 6.03 Å². The van der Waals surface area contributed by atoms with Crippen molar-refractivity contribution in [3.63, 3.8) is 0 Å². The van der Waals surface area contributed by atoms with Crippen LogP contribution in [0.25, 0.3) is 10.6 Å². The number of rotatable bonds is 5. The van der Waals surface area contributed by atoms with Crippen molar-refractivity contribution < 1.29 is 14.4 Å². The largest absolute Gasteiger partial charge is 0.329 e. The molecular formula is C20H16N4O3S. The number of nitrogens with zero attached hydrogens (tertiary/aromatic N) is 2. The first-order chi connectivity index (χ1) is 13.6. The number of nitrogens with one attached hydrogen (secondary N) is 2. The molecule has 2 N–H and O–H groups in total. The molecule has 0 bridgehead atoms. The number of hydrogen-bond acceptors (Lipinski definition) is 5. The number of anilines is 1. The molecule has 140 valence electrons. The fraction of sp³-hybridized carbons (Fsp3) is 0.100. The Labute approximate surface area is 165 Å². The van der Waals surface area contributed by atoms with Gasteiger partial charge in [-0.15, -0.1) is 11.3 Å². The van der Waals surface area contributed by atoms with E-state index in [1.807, 2.05) is 29.6 Å². The van der Waals surface area contributed by atoms with Gasteiger partial charge in [0.15, 0.2) is 0 Å². The summed E-state index contributed by atoms with van der Waals surface area (Å²) < 4.78 is 0. The maximum atomic E-state index is 12.8. The highest BCUT2D eigenvalue weighted by Gasteiger charge is 2.29. The third-order valence-electron chi connectivity index (χ3n) is 4.35. The summed E-state index contributed by atoms with van der Waals surface area (Å²) >= 11 is 1.55. The highest BCUT2D eigenvalue weighted by molar-refractivity contribution is 7.13. The molecule has 1 saturated heterocycles. The summed E-state index contributed by atoms with van der Waals surface area (Å²) in [6.07, 6.45) is 1.75. The summed E-state index contributed by atoms with van der Waals surface area (Å²) in [5.74, 6) is -0.609. The molecular weight excluding hydrogens is 376 g/mol. The highest BCUT2D eigenvalue weighted by atomic mass is 32.1. The first-order valence-electron chi connectivity index (χ1n) is 8.59. The van der Waals surface area contributed by atoms with Gasteiger partial charge in [0.25, 0.3) is 5.91 Å². The van der Waals surface area contributed by atoms with E-state index in [0.717, 1.165) is 15.5 Å². The average Bonchev–Trinajstić information content (AvgIpc) is 3.35. The van der Waals surface area contributed by atoms with Gasteiger partial charge in [0.2, 0.25) is 5.91 Å². The van der Waals surface area contributed by atoms with Crippen molar-refractivity contribution in [3.05, 3.63) is 71.2 Å². The molecule has 4 amide bonds. The van der Waals surface area contributed by atoms with Crippen LogP contribution < -0.4 is 10.6 Å². The Bertz CT molecular complexity index is 1020. The number of aromatic nitrogens is 1. The van der Waals surface area contributed by atoms with Crippen molar-refractivity contribution in [2.75, 3.05) is 11.9 Å². The van der Waals surface area contributed by atoms with Crippen molar-refractivity contribution in [3.8, 4) is 10.6 Å². The summed E-state index contributed by atoms with van der Waals surface area (Å²) in [7, 11) is 0. The Morgan fingerprint density at radius 1 is 1.14 bits per heavy atom. The van der Waals surface area contributed by atoms with E-state index in [1.165, 1.54) is 0 Å². The second kappa shape index (κ2) is 7.61. The molecule has 0 radical (unpaired) electrons. The fourth-order valence-corrected chi connectivity index (χ4v) is 3.57. The summed E-state index contributed by atoms with van der Waals surface area (Å²) in [4.78, 5) is 41.7. The average molecular weight is 392 g/mol. The predicted molar refractivity (Wildman–Crippen MR) is 106 cm³/mol. The van der Waals surface area contributed by atoms with Gasteiger partial charge >= 0.3 is 6.03 Å². The minimum Gasteiger partial charge on any atom is -0.329 e. The van der Waals surface area contributed by atoms with Crippen molar-refractivity contribution in [2.24, 2.45) is 0 Å². The zero-order chi connectivity index (χ0) is 19.5. The van der Waals surface area contributed by atoms with E-state index in [9.17, 15) is 14.4 Å². The summed E-state index contributed by atoms with van der Waals surface area (Å²) in [6.45, 7) is 0.0376. The first-order valence-corrected chi connectivity index (χ1v) is 9.47. The Kier molecular flexibility index (Phi) is 4.86. The summed E-state index contributed by atoms with van der Waals surface area (Å²) in [5, 5.41) is 8.16. The quantitative estimate of drug-likeness (QED) is 0.653. The lowest BCUT2D eigenvalue weighted by molar-refractivity contribution is -0.125. The van der Waals surface area contributed by atoms with E-state index >= 15 is 0 Å². The minimum absolute atomic E-state index is 0.0152. The number of urea groups is 1. The predicted octanol–water partition coefficient (Wildman–Crippen LogP) is 3.11. The topological polar surface area (TPSA) is 91.4 Å². The molecule has 0 spiro atoms. The molecule has 4 rings (SSSR count). The zero-order valence-electron chi connectivity index (χ0n) is 14.7. The lowest BCUT2D eigenvalue weighted by Gasteiger charge is -2.15. The molecule has 2 aromatic carbocycles. The van der Waals surface area contributed by atoms with Gasteiger partial charge in [-0.2, -0.15) is 0 Å². The minimum atomic E-state index is -0.446. The third-order valence-corrected chi connectivity index (χ3v) is 5.17. The normalized spacial score (nSPS) is 13.5. The smallest absolute Gasteiger partial charge is 0.324 e. The van der Waals surface area contributed by atoms with Gasteiger partial charge in [0, 0.05) is 28.4 Å². The van der Waals surface area contributed by atoms with E-state index in [1.54, 1.807) is 41.8 Å². The van der Waals surface area contributed by atoms with Crippen molar-refractivity contribution in [2.45, 2.75) is 6.54 Å². The van der Waals surface area contributed by atoms with Crippen LogP contribution in [0.2, 0.25) is 0 Å². The molecule has 7 nitrogen and oxygen atoms in total. The van der Waals surface area contributed by atoms with Gasteiger partial charge in [0.1, 0.15) is 5.01 Å². The number of imide groups is 1. The zero-order valence-corrected chi connectivity index (χ0v) is 15.5. The van der Waals surface area contributed by atoms with Crippen LogP contribution in [-0.4, -0.2) is 34.3 Å². The standard InChI is InChI=1S/C20H16N4O3S/c25-17-11-22-20(27)24(17)12-14-3-1-2-4-16(14)18(26)23-15-7-5-13(6-8-15)19-21-9-10-28-19/h1-10H,11-12H2,(H,22,27)(H,23,26). The molecule has 1 aromatic heterocycles. The van der Waals surface area contributed by atoms with Crippen LogP contribution in [0.3, 0.4) is 0 Å². The number of carbonyl (C=O) groups is 3. The van der Waals surface area contributed by atoms with Crippen molar-refractivity contribution in [1.82, 2.24) is 15.2 Å². The van der Waals surface area contributed by atoms with Gasteiger partial charge in [-0.1, -0.05) is 18.2 Å². The molecule has 8 heteroatoms. The van der Waals surface area contributed by atoms with Crippen LogP contribution in [0.5, 0.6) is 0 Å². The number of thiazole rings is 1. The van der Waals surface area contributed by atoms with E-state index in [-0.39, 0.29) is 24.9 Å². The summed E-state index contributed by atoms with van der Waals surface area (Å²) in [5.41, 5.74) is 2.64. The first kappa shape index (κ1) is 17.9. The number of hydrogen-bond donors (Lipinski definition) is 2. The van der Waals surface area contributed by atoms with Gasteiger partial charge in [-0.25, -0.2) is 9.78 Å². The third kappa shape index (κ3) is 3.63. The molecule has 0 aliphatic carbocycles. The Balaban J connectivity index is 1.51. The van der Waals surface area contributed by atoms with Gasteiger partial charge in [0.05, 0.1) is 13.1 Å². The van der Waals surface area contributed by atoms with Crippen molar-refractivity contribution in [1.29, 1.82) is 0 Å². The Hall–Kier alpha value is -3.52. The maximum Gasteiger partial charge on any atom is 0.324 e. The molecule has 2 heterocycles. The SMILES string of the molecule is O=C(Nc1ccc(-c2nccs2)cc1)c1ccccc1CN1C(=O)CNC1=O. The number of benzene rings is 2. The molecule has 3 aromatic rings. The van der Waals surface area contributed by atoms with Gasteiger partial charge < -0.3 is 10.6 Å². The lowest BCUT2D eigenvalue weighted by Crippen LogP contribution is -2.31. The Morgan fingerprint density at radius 3 is 2.61 bits per heavy atom. The highest BCUT2D eigenvalue weighted by Crippen LogP contribution is 2.24. The summed E-state index contributed by atoms with van der Waals surface area (Å²) in [6, 6.07) is 13.9. The fourth-order valence-electron chi connectivity index (χ4n) is 2.93. The van der Waals surface area contributed by atoms with Crippen molar-refractivity contribution >= 4 is 34.9 Å². The number of amides is 4. The second-order valence-corrected chi connectivity index (χ2v) is 7.06. The monoisotopic (exact) mass is 392 g/mol. The van der Waals surface area contributed by atoms with Crippen LogP contribution >= 0.6 is 11.3 Å². The Morgan fingerprint density at radius 2 is 1.93 bits per heavy atom. The van der Waals surface area contributed by atoms with E-state index in [0.29, 0.717) is 16.8 Å². The van der Waals surface area contributed by atoms with Crippen LogP contribution in [0.4, 0.5) is 10.5 Å². The molecule has 1 fully saturated rings. The van der Waals surface area contributed by atoms with Gasteiger partial charge in [-0.05, 0) is 35.9 Å². The molecule has 1 aliphatic heterocycles. The molecule has 0 atom stereocenters. The van der Waals surface area contributed by atoms with E-state index in [4.69, 9.17) is 0 Å². The second-order valence-electron chi connectivity index (χ2n) is 6.16. The molecule has 28 heavy (non-hydrogen) atoms.